The van der Waals surface area contributed by atoms with E-state index >= 15 is 0 Å². The van der Waals surface area contributed by atoms with Gasteiger partial charge in [0, 0.05) is 50.4 Å². The molecule has 0 spiro atoms. The van der Waals surface area contributed by atoms with Crippen LogP contribution in [0.1, 0.15) is 47.6 Å². The Bertz CT molecular complexity index is 872. The molecular weight excluding hydrogens is 362 g/mol. The van der Waals surface area contributed by atoms with Crippen molar-refractivity contribution in [2.24, 2.45) is 0 Å². The largest absolute Gasteiger partial charge is 0.353 e. The van der Waals surface area contributed by atoms with Crippen LogP contribution < -0.4 is 10.2 Å². The zero-order valence-corrected chi connectivity index (χ0v) is 18.4. The summed E-state index contributed by atoms with van der Waals surface area (Å²) in [7, 11) is 0. The Hall–Kier alpha value is -2.63. The van der Waals surface area contributed by atoms with Crippen molar-refractivity contribution in [3.8, 4) is 0 Å². The Labute approximate surface area is 174 Å². The van der Waals surface area contributed by atoms with E-state index in [0.29, 0.717) is 19.6 Å². The van der Waals surface area contributed by atoms with E-state index in [9.17, 15) is 4.79 Å². The van der Waals surface area contributed by atoms with E-state index in [-0.39, 0.29) is 6.03 Å². The van der Waals surface area contributed by atoms with Crippen LogP contribution in [-0.4, -0.2) is 53.6 Å². The molecule has 1 aromatic heterocycles. The number of benzene rings is 1. The highest BCUT2D eigenvalue weighted by Crippen LogP contribution is 2.27. The molecule has 2 aromatic rings. The summed E-state index contributed by atoms with van der Waals surface area (Å²) in [6.07, 6.45) is 1.72. The first kappa shape index (κ1) is 21.1. The summed E-state index contributed by atoms with van der Waals surface area (Å²) in [5.74, 6) is 1.85. The second-order valence-corrected chi connectivity index (χ2v) is 7.79. The van der Waals surface area contributed by atoms with Crippen LogP contribution in [0.3, 0.4) is 0 Å². The number of piperazine rings is 1. The lowest BCUT2D eigenvalue weighted by Gasteiger charge is -2.36. The van der Waals surface area contributed by atoms with Crippen LogP contribution in [0.5, 0.6) is 0 Å². The quantitative estimate of drug-likeness (QED) is 0.843. The van der Waals surface area contributed by atoms with E-state index < -0.39 is 0 Å². The Morgan fingerprint density at radius 2 is 1.79 bits per heavy atom. The van der Waals surface area contributed by atoms with Gasteiger partial charge in [0.2, 0.25) is 0 Å². The summed E-state index contributed by atoms with van der Waals surface area (Å²) in [5.41, 5.74) is 6.24. The molecule has 1 aromatic carbocycles. The average Bonchev–Trinajstić information content (AvgIpc) is 2.71. The molecule has 0 unspecified atom stereocenters. The summed E-state index contributed by atoms with van der Waals surface area (Å²) in [6, 6.07) is 6.64. The molecule has 29 heavy (non-hydrogen) atoms. The van der Waals surface area contributed by atoms with Gasteiger partial charge in [0.05, 0.1) is 0 Å². The Morgan fingerprint density at radius 1 is 1.07 bits per heavy atom. The van der Waals surface area contributed by atoms with Crippen molar-refractivity contribution in [2.75, 3.05) is 37.6 Å². The molecular formula is C23H33N5O. The third-order valence-corrected chi connectivity index (χ3v) is 5.58. The van der Waals surface area contributed by atoms with Gasteiger partial charge in [-0.2, -0.15) is 0 Å². The number of aromatic nitrogens is 2. The molecule has 0 bridgehead atoms. The molecule has 0 aliphatic carbocycles. The third kappa shape index (κ3) is 4.86. The number of rotatable bonds is 5. The fourth-order valence-corrected chi connectivity index (χ4v) is 3.94. The van der Waals surface area contributed by atoms with E-state index in [1.807, 2.05) is 18.7 Å². The minimum Gasteiger partial charge on any atom is -0.353 e. The first-order chi connectivity index (χ1) is 13.9. The molecule has 6 heteroatoms. The summed E-state index contributed by atoms with van der Waals surface area (Å²) < 4.78 is 0. The van der Waals surface area contributed by atoms with Gasteiger partial charge >= 0.3 is 6.03 Å². The SMILES string of the molecule is CCNC(=O)N1CCN(c2nc(C)nc(CC)c2Cc2cc(C)ccc2C)CC1. The zero-order chi connectivity index (χ0) is 21.0. The lowest BCUT2D eigenvalue weighted by Crippen LogP contribution is -2.52. The minimum absolute atomic E-state index is 0.0240. The van der Waals surface area contributed by atoms with Crippen LogP contribution in [0, 0.1) is 20.8 Å². The normalized spacial score (nSPS) is 14.2. The monoisotopic (exact) mass is 395 g/mol. The van der Waals surface area contributed by atoms with Crippen LogP contribution in [0.15, 0.2) is 18.2 Å². The number of amides is 2. The molecule has 1 saturated heterocycles. The highest BCUT2D eigenvalue weighted by atomic mass is 16.2. The van der Waals surface area contributed by atoms with E-state index in [1.54, 1.807) is 0 Å². The second kappa shape index (κ2) is 9.25. The highest BCUT2D eigenvalue weighted by Gasteiger charge is 2.25. The molecule has 1 N–H and O–H groups in total. The van der Waals surface area contributed by atoms with Gasteiger partial charge in [-0.3, -0.25) is 0 Å². The molecule has 1 aliphatic rings. The van der Waals surface area contributed by atoms with Crippen molar-refractivity contribution in [1.82, 2.24) is 20.2 Å². The maximum Gasteiger partial charge on any atom is 0.317 e. The zero-order valence-electron chi connectivity index (χ0n) is 18.4. The molecule has 0 atom stereocenters. The smallest absolute Gasteiger partial charge is 0.317 e. The summed E-state index contributed by atoms with van der Waals surface area (Å²) >= 11 is 0. The maximum absolute atomic E-state index is 12.1. The lowest BCUT2D eigenvalue weighted by atomic mass is 9.96. The van der Waals surface area contributed by atoms with Gasteiger partial charge in [-0.25, -0.2) is 14.8 Å². The van der Waals surface area contributed by atoms with Gasteiger partial charge in [0.1, 0.15) is 11.6 Å². The number of urea groups is 1. The minimum atomic E-state index is 0.0240. The van der Waals surface area contributed by atoms with Gasteiger partial charge in [-0.05, 0) is 45.2 Å². The molecule has 0 radical (unpaired) electrons. The molecule has 3 rings (SSSR count). The topological polar surface area (TPSA) is 61.4 Å². The molecule has 2 amide bonds. The van der Waals surface area contributed by atoms with Gasteiger partial charge in [0.25, 0.3) is 0 Å². The van der Waals surface area contributed by atoms with Crippen LogP contribution in [0.2, 0.25) is 0 Å². The van der Waals surface area contributed by atoms with Gasteiger partial charge < -0.3 is 15.1 Å². The van der Waals surface area contributed by atoms with E-state index in [1.165, 1.54) is 22.3 Å². The number of hydrogen-bond acceptors (Lipinski definition) is 4. The number of aryl methyl sites for hydroxylation is 4. The van der Waals surface area contributed by atoms with Crippen LogP contribution in [0.4, 0.5) is 10.6 Å². The Kier molecular flexibility index (Phi) is 6.72. The lowest BCUT2D eigenvalue weighted by molar-refractivity contribution is 0.195. The first-order valence-corrected chi connectivity index (χ1v) is 10.6. The molecule has 156 valence electrons. The number of anilines is 1. The van der Waals surface area contributed by atoms with Crippen molar-refractivity contribution < 1.29 is 4.79 Å². The standard InChI is InChI=1S/C23H33N5O/c1-6-21-20(15-19-14-16(3)8-9-17(19)4)22(26-18(5)25-21)27-10-12-28(13-11-27)23(29)24-7-2/h8-9,14H,6-7,10-13,15H2,1-5H3,(H,24,29). The highest BCUT2D eigenvalue weighted by molar-refractivity contribution is 5.74. The van der Waals surface area contributed by atoms with Crippen molar-refractivity contribution in [2.45, 2.75) is 47.5 Å². The number of carbonyl (C=O) groups is 1. The van der Waals surface area contributed by atoms with Crippen molar-refractivity contribution in [3.05, 3.63) is 52.0 Å². The molecule has 1 aliphatic heterocycles. The van der Waals surface area contributed by atoms with Crippen molar-refractivity contribution >= 4 is 11.8 Å². The molecule has 2 heterocycles. The Morgan fingerprint density at radius 3 is 2.45 bits per heavy atom. The summed E-state index contributed by atoms with van der Waals surface area (Å²) in [4.78, 5) is 26.0. The molecule has 1 fully saturated rings. The predicted molar refractivity (Wildman–Crippen MR) is 118 cm³/mol. The fraction of sp³-hybridized carbons (Fsp3) is 0.522. The van der Waals surface area contributed by atoms with Gasteiger partial charge in [-0.1, -0.05) is 30.7 Å². The van der Waals surface area contributed by atoms with E-state index in [0.717, 1.165) is 43.3 Å². The summed E-state index contributed by atoms with van der Waals surface area (Å²) in [5, 5.41) is 2.90. The van der Waals surface area contributed by atoms with E-state index in [4.69, 9.17) is 9.97 Å². The number of nitrogens with one attached hydrogen (secondary N) is 1. The summed E-state index contributed by atoms with van der Waals surface area (Å²) in [6.45, 7) is 14.0. The fourth-order valence-electron chi connectivity index (χ4n) is 3.94. The predicted octanol–water partition coefficient (Wildman–Crippen LogP) is 3.41. The number of carbonyl (C=O) groups excluding carboxylic acids is 1. The van der Waals surface area contributed by atoms with Crippen molar-refractivity contribution in [1.29, 1.82) is 0 Å². The average molecular weight is 396 g/mol. The Balaban J connectivity index is 1.90. The van der Waals surface area contributed by atoms with Gasteiger partial charge in [0.15, 0.2) is 0 Å². The second-order valence-electron chi connectivity index (χ2n) is 7.79. The number of nitrogens with zero attached hydrogens (tertiary/aromatic N) is 4. The van der Waals surface area contributed by atoms with Crippen LogP contribution in [-0.2, 0) is 12.8 Å². The third-order valence-electron chi connectivity index (χ3n) is 5.58. The number of hydrogen-bond donors (Lipinski definition) is 1. The first-order valence-electron chi connectivity index (χ1n) is 10.6. The molecule has 6 nitrogen and oxygen atoms in total. The van der Waals surface area contributed by atoms with Gasteiger partial charge in [-0.15, -0.1) is 0 Å². The van der Waals surface area contributed by atoms with Crippen LogP contribution in [0.25, 0.3) is 0 Å². The van der Waals surface area contributed by atoms with E-state index in [2.05, 4.69) is 49.2 Å². The van der Waals surface area contributed by atoms with Crippen LogP contribution >= 0.6 is 0 Å². The maximum atomic E-state index is 12.1. The van der Waals surface area contributed by atoms with Crippen molar-refractivity contribution in [3.63, 3.8) is 0 Å². The molecule has 0 saturated carbocycles.